The standard InChI is InChI=1S/C9H15NO5/c11-5-1-2-9(7(12)13)3-4-10(6-9)8(14)15/h11H,1-6H2,(H,12,13)(H,14,15). The minimum atomic E-state index is -1.08. The molecule has 3 N–H and O–H groups in total. The van der Waals surface area contributed by atoms with Crippen LogP contribution >= 0.6 is 0 Å². The first kappa shape index (κ1) is 11.8. The number of nitrogens with zero attached hydrogens (tertiary/aromatic N) is 1. The van der Waals surface area contributed by atoms with E-state index in [4.69, 9.17) is 15.3 Å². The highest BCUT2D eigenvalue weighted by Gasteiger charge is 2.45. The van der Waals surface area contributed by atoms with E-state index in [1.165, 1.54) is 0 Å². The van der Waals surface area contributed by atoms with Gasteiger partial charge in [0.25, 0.3) is 0 Å². The topological polar surface area (TPSA) is 98.1 Å². The molecule has 1 fully saturated rings. The molecule has 0 aliphatic carbocycles. The Hall–Kier alpha value is -1.30. The lowest BCUT2D eigenvalue weighted by molar-refractivity contribution is -0.148. The Morgan fingerprint density at radius 2 is 2.00 bits per heavy atom. The fourth-order valence-electron chi connectivity index (χ4n) is 1.94. The third-order valence-corrected chi connectivity index (χ3v) is 2.89. The van der Waals surface area contributed by atoms with Gasteiger partial charge in [-0.3, -0.25) is 4.79 Å². The summed E-state index contributed by atoms with van der Waals surface area (Å²) in [6.45, 7) is 0.215. The molecule has 0 aromatic rings. The number of aliphatic hydroxyl groups is 1. The summed E-state index contributed by atoms with van der Waals surface area (Å²) in [7, 11) is 0. The first-order chi connectivity index (χ1) is 7.02. The second kappa shape index (κ2) is 4.48. The summed E-state index contributed by atoms with van der Waals surface area (Å²) in [5.74, 6) is -0.972. The lowest BCUT2D eigenvalue weighted by Crippen LogP contribution is -2.36. The predicted molar refractivity (Wildman–Crippen MR) is 50.6 cm³/mol. The van der Waals surface area contributed by atoms with Gasteiger partial charge in [0.05, 0.1) is 5.41 Å². The number of amides is 1. The average Bonchev–Trinajstić information content (AvgIpc) is 2.60. The van der Waals surface area contributed by atoms with Crippen LogP contribution in [-0.2, 0) is 4.79 Å². The van der Waals surface area contributed by atoms with E-state index < -0.39 is 17.5 Å². The minimum absolute atomic E-state index is 0.0255. The summed E-state index contributed by atoms with van der Waals surface area (Å²) >= 11 is 0. The summed E-state index contributed by atoms with van der Waals surface area (Å²) in [5.41, 5.74) is -0.999. The van der Waals surface area contributed by atoms with E-state index in [2.05, 4.69) is 0 Å². The van der Waals surface area contributed by atoms with Gasteiger partial charge in [0.15, 0.2) is 0 Å². The second-order valence-corrected chi connectivity index (χ2v) is 3.87. The molecule has 0 radical (unpaired) electrons. The number of rotatable bonds is 4. The first-order valence-corrected chi connectivity index (χ1v) is 4.84. The maximum atomic E-state index is 11.1. The van der Waals surface area contributed by atoms with Crippen molar-refractivity contribution in [3.8, 4) is 0 Å². The van der Waals surface area contributed by atoms with Crippen molar-refractivity contribution in [2.75, 3.05) is 19.7 Å². The molecule has 86 valence electrons. The van der Waals surface area contributed by atoms with E-state index in [0.717, 1.165) is 4.90 Å². The molecular formula is C9H15NO5. The molecule has 0 aromatic heterocycles. The predicted octanol–water partition coefficient (Wildman–Crippen LogP) is 0.214. The fourth-order valence-corrected chi connectivity index (χ4v) is 1.94. The summed E-state index contributed by atoms with van der Waals surface area (Å²) in [4.78, 5) is 22.9. The molecule has 1 aliphatic rings. The number of likely N-dealkylation sites (tertiary alicyclic amines) is 1. The molecule has 1 unspecified atom stereocenters. The number of carboxylic acids is 1. The van der Waals surface area contributed by atoms with Gasteiger partial charge in [0, 0.05) is 19.7 Å². The summed E-state index contributed by atoms with van der Waals surface area (Å²) < 4.78 is 0. The number of aliphatic carboxylic acids is 1. The third kappa shape index (κ3) is 2.38. The normalized spacial score (nSPS) is 25.5. The minimum Gasteiger partial charge on any atom is -0.481 e. The summed E-state index contributed by atoms with van der Waals surface area (Å²) in [6, 6.07) is 0. The van der Waals surface area contributed by atoms with E-state index in [0.29, 0.717) is 19.3 Å². The van der Waals surface area contributed by atoms with Crippen LogP contribution in [0.2, 0.25) is 0 Å². The smallest absolute Gasteiger partial charge is 0.407 e. The van der Waals surface area contributed by atoms with Gasteiger partial charge in [-0.15, -0.1) is 0 Å². The van der Waals surface area contributed by atoms with Crippen molar-refractivity contribution in [2.24, 2.45) is 5.41 Å². The van der Waals surface area contributed by atoms with E-state index in [9.17, 15) is 9.59 Å². The number of hydrogen-bond acceptors (Lipinski definition) is 3. The molecule has 1 rings (SSSR count). The number of aliphatic hydroxyl groups excluding tert-OH is 1. The zero-order valence-electron chi connectivity index (χ0n) is 8.35. The number of carbonyl (C=O) groups is 2. The Bertz CT molecular complexity index is 267. The molecule has 1 heterocycles. The van der Waals surface area contributed by atoms with Gasteiger partial charge >= 0.3 is 12.1 Å². The van der Waals surface area contributed by atoms with Gasteiger partial charge in [-0.05, 0) is 19.3 Å². The molecule has 0 aromatic carbocycles. The molecule has 1 atom stereocenters. The van der Waals surface area contributed by atoms with E-state index in [1.807, 2.05) is 0 Å². The van der Waals surface area contributed by atoms with Crippen molar-refractivity contribution >= 4 is 12.1 Å². The van der Waals surface area contributed by atoms with Crippen LogP contribution in [0, 0.1) is 5.41 Å². The summed E-state index contributed by atoms with van der Waals surface area (Å²) in [5, 5.41) is 26.5. The van der Waals surface area contributed by atoms with Gasteiger partial charge in [-0.25, -0.2) is 4.79 Å². The highest BCUT2D eigenvalue weighted by molar-refractivity contribution is 5.77. The number of carboxylic acid groups (broad SMARTS) is 2. The molecule has 0 bridgehead atoms. The van der Waals surface area contributed by atoms with E-state index >= 15 is 0 Å². The SMILES string of the molecule is O=C(O)N1CCC(CCCO)(C(=O)O)C1. The maximum absolute atomic E-state index is 11.1. The zero-order valence-corrected chi connectivity index (χ0v) is 8.35. The maximum Gasteiger partial charge on any atom is 0.407 e. The number of hydrogen-bond donors (Lipinski definition) is 3. The van der Waals surface area contributed by atoms with Crippen LogP contribution < -0.4 is 0 Å². The Labute approximate surface area is 87.1 Å². The molecule has 1 aliphatic heterocycles. The van der Waals surface area contributed by atoms with Gasteiger partial charge in [0.1, 0.15) is 0 Å². The Kier molecular flexibility index (Phi) is 3.52. The molecule has 1 saturated heterocycles. The quantitative estimate of drug-likeness (QED) is 0.625. The van der Waals surface area contributed by atoms with Gasteiger partial charge in [-0.1, -0.05) is 0 Å². The fraction of sp³-hybridized carbons (Fsp3) is 0.778. The van der Waals surface area contributed by atoms with Crippen LogP contribution in [-0.4, -0.2) is 52.0 Å². The van der Waals surface area contributed by atoms with E-state index in [1.54, 1.807) is 0 Å². The van der Waals surface area contributed by atoms with Crippen LogP contribution in [0.5, 0.6) is 0 Å². The molecule has 6 heteroatoms. The van der Waals surface area contributed by atoms with Crippen molar-refractivity contribution in [2.45, 2.75) is 19.3 Å². The van der Waals surface area contributed by atoms with Gasteiger partial charge in [-0.2, -0.15) is 0 Å². The van der Waals surface area contributed by atoms with Crippen LogP contribution in [0.4, 0.5) is 4.79 Å². The monoisotopic (exact) mass is 217 g/mol. The summed E-state index contributed by atoms with van der Waals surface area (Å²) in [6.07, 6.45) is -0.0427. The van der Waals surface area contributed by atoms with Crippen LogP contribution in [0.3, 0.4) is 0 Å². The zero-order chi connectivity index (χ0) is 11.5. The van der Waals surface area contributed by atoms with Crippen molar-refractivity contribution in [1.82, 2.24) is 4.90 Å². The van der Waals surface area contributed by atoms with Crippen molar-refractivity contribution in [3.05, 3.63) is 0 Å². The highest BCUT2D eigenvalue weighted by atomic mass is 16.4. The third-order valence-electron chi connectivity index (χ3n) is 2.89. The molecule has 0 saturated carbocycles. The molecule has 0 spiro atoms. The Morgan fingerprint density at radius 1 is 1.33 bits per heavy atom. The van der Waals surface area contributed by atoms with Gasteiger partial charge < -0.3 is 20.2 Å². The lowest BCUT2D eigenvalue weighted by atomic mass is 9.82. The highest BCUT2D eigenvalue weighted by Crippen LogP contribution is 2.35. The largest absolute Gasteiger partial charge is 0.481 e. The average molecular weight is 217 g/mol. The molecule has 1 amide bonds. The molecular weight excluding hydrogens is 202 g/mol. The van der Waals surface area contributed by atoms with E-state index in [-0.39, 0.29) is 19.7 Å². The Balaban J connectivity index is 2.69. The Morgan fingerprint density at radius 3 is 2.40 bits per heavy atom. The first-order valence-electron chi connectivity index (χ1n) is 4.84. The molecule has 6 nitrogen and oxygen atoms in total. The van der Waals surface area contributed by atoms with Crippen molar-refractivity contribution in [1.29, 1.82) is 0 Å². The van der Waals surface area contributed by atoms with Crippen LogP contribution in [0.25, 0.3) is 0 Å². The van der Waals surface area contributed by atoms with Gasteiger partial charge in [0.2, 0.25) is 0 Å². The van der Waals surface area contributed by atoms with Crippen molar-refractivity contribution in [3.63, 3.8) is 0 Å². The van der Waals surface area contributed by atoms with Crippen LogP contribution in [0.1, 0.15) is 19.3 Å². The van der Waals surface area contributed by atoms with Crippen molar-refractivity contribution < 1.29 is 24.9 Å². The second-order valence-electron chi connectivity index (χ2n) is 3.87. The lowest BCUT2D eigenvalue weighted by Gasteiger charge is -2.23. The van der Waals surface area contributed by atoms with Crippen LogP contribution in [0.15, 0.2) is 0 Å². The molecule has 15 heavy (non-hydrogen) atoms.